The van der Waals surface area contributed by atoms with Crippen molar-refractivity contribution in [2.24, 2.45) is 0 Å². The Morgan fingerprint density at radius 1 is 1.12 bits per heavy atom. The lowest BCUT2D eigenvalue weighted by Crippen LogP contribution is -2.11. The Kier molecular flexibility index (Phi) is 3.89. The van der Waals surface area contributed by atoms with Gasteiger partial charge in [-0.25, -0.2) is 14.2 Å². The summed E-state index contributed by atoms with van der Waals surface area (Å²) in [6.07, 6.45) is 0. The highest BCUT2D eigenvalue weighted by Crippen LogP contribution is 2.29. The molecule has 0 aliphatic rings. The minimum Gasteiger partial charge on any atom is -0.321 e. The van der Waals surface area contributed by atoms with Gasteiger partial charge in [0.2, 0.25) is 0 Å². The van der Waals surface area contributed by atoms with Crippen LogP contribution in [0.5, 0.6) is 0 Å². The van der Waals surface area contributed by atoms with Gasteiger partial charge in [0, 0.05) is 11.3 Å². The lowest BCUT2D eigenvalue weighted by molar-refractivity contribution is 0.103. The van der Waals surface area contributed by atoms with E-state index in [1.54, 1.807) is 37.3 Å². The van der Waals surface area contributed by atoms with Crippen LogP contribution in [-0.4, -0.2) is 20.9 Å². The first-order valence-corrected chi connectivity index (χ1v) is 8.58. The van der Waals surface area contributed by atoms with Gasteiger partial charge in [-0.2, -0.15) is 0 Å². The Hall–Kier alpha value is -3.26. The summed E-state index contributed by atoms with van der Waals surface area (Å²) < 4.78 is 13.1. The average Bonchev–Trinajstić information content (AvgIpc) is 3.17. The highest BCUT2D eigenvalue weighted by atomic mass is 32.1. The maximum atomic E-state index is 13.1. The van der Waals surface area contributed by atoms with E-state index in [9.17, 15) is 14.0 Å². The molecule has 0 spiro atoms. The third kappa shape index (κ3) is 3.02. The number of amides is 1. The van der Waals surface area contributed by atoms with Crippen molar-refractivity contribution in [1.29, 1.82) is 0 Å². The molecule has 0 saturated heterocycles. The summed E-state index contributed by atoms with van der Waals surface area (Å²) in [4.78, 5) is 34.1. The third-order valence-electron chi connectivity index (χ3n) is 3.87. The van der Waals surface area contributed by atoms with Gasteiger partial charge >= 0.3 is 5.69 Å². The number of aromatic nitrogens is 3. The van der Waals surface area contributed by atoms with Gasteiger partial charge in [-0.05, 0) is 49.4 Å². The lowest BCUT2D eigenvalue weighted by atomic mass is 10.2. The molecule has 4 rings (SSSR count). The number of aromatic amines is 2. The van der Waals surface area contributed by atoms with Crippen molar-refractivity contribution in [3.63, 3.8) is 0 Å². The first kappa shape index (κ1) is 16.2. The molecule has 26 heavy (non-hydrogen) atoms. The van der Waals surface area contributed by atoms with Gasteiger partial charge < -0.3 is 15.3 Å². The molecular formula is C18H13FN4O2S. The second-order valence-corrected chi connectivity index (χ2v) is 6.73. The highest BCUT2D eigenvalue weighted by Gasteiger charge is 2.17. The summed E-state index contributed by atoms with van der Waals surface area (Å²) in [6.45, 7) is 1.76. The zero-order chi connectivity index (χ0) is 18.3. The molecule has 2 aromatic heterocycles. The van der Waals surface area contributed by atoms with Crippen LogP contribution in [0.25, 0.3) is 21.6 Å². The Labute approximate surface area is 150 Å². The summed E-state index contributed by atoms with van der Waals surface area (Å²) in [7, 11) is 0. The number of benzene rings is 2. The van der Waals surface area contributed by atoms with Crippen LogP contribution in [0.1, 0.15) is 15.4 Å². The molecule has 3 N–H and O–H groups in total. The van der Waals surface area contributed by atoms with Crippen molar-refractivity contribution in [3.05, 3.63) is 69.3 Å². The topological polar surface area (TPSA) is 90.6 Å². The van der Waals surface area contributed by atoms with Gasteiger partial charge in [0.25, 0.3) is 5.91 Å². The fourth-order valence-corrected chi connectivity index (χ4v) is 3.59. The van der Waals surface area contributed by atoms with E-state index in [-0.39, 0.29) is 17.4 Å². The number of fused-ring (bicyclic) bond motifs is 1. The quantitative estimate of drug-likeness (QED) is 0.515. The van der Waals surface area contributed by atoms with Gasteiger partial charge in [0.05, 0.1) is 16.7 Å². The van der Waals surface area contributed by atoms with E-state index in [0.717, 1.165) is 5.56 Å². The van der Waals surface area contributed by atoms with Gasteiger partial charge in [0.1, 0.15) is 15.7 Å². The number of nitrogens with zero attached hydrogens (tertiary/aromatic N) is 1. The number of anilines is 1. The fraction of sp³-hybridized carbons (Fsp3) is 0.0556. The molecule has 0 bridgehead atoms. The van der Waals surface area contributed by atoms with Crippen LogP contribution in [0.2, 0.25) is 0 Å². The summed E-state index contributed by atoms with van der Waals surface area (Å²) >= 11 is 1.24. The molecule has 0 saturated carbocycles. The van der Waals surface area contributed by atoms with Crippen LogP contribution >= 0.6 is 11.3 Å². The van der Waals surface area contributed by atoms with Gasteiger partial charge in [0.15, 0.2) is 0 Å². The zero-order valence-electron chi connectivity index (χ0n) is 13.6. The predicted molar refractivity (Wildman–Crippen MR) is 99.1 cm³/mol. The standard InChI is InChI=1S/C18H13FN4O2S/c1-9-15(26-17(20-9)10-2-4-11(19)5-3-10)16(24)21-12-6-7-13-14(8-12)23-18(25)22-13/h2-8H,1H3,(H,21,24)(H2,22,23,25). The van der Waals surface area contributed by atoms with Crippen LogP contribution in [0.4, 0.5) is 10.1 Å². The monoisotopic (exact) mass is 368 g/mol. The van der Waals surface area contributed by atoms with E-state index in [4.69, 9.17) is 0 Å². The largest absolute Gasteiger partial charge is 0.323 e. The summed E-state index contributed by atoms with van der Waals surface area (Å²) in [5.41, 5.74) is 2.90. The molecule has 0 fully saturated rings. The summed E-state index contributed by atoms with van der Waals surface area (Å²) in [5.74, 6) is -0.608. The normalized spacial score (nSPS) is 11.0. The number of imidazole rings is 1. The smallest absolute Gasteiger partial charge is 0.321 e. The molecule has 0 aliphatic carbocycles. The summed E-state index contributed by atoms with van der Waals surface area (Å²) in [6, 6.07) is 11.1. The lowest BCUT2D eigenvalue weighted by Gasteiger charge is -2.04. The SMILES string of the molecule is Cc1nc(-c2ccc(F)cc2)sc1C(=O)Nc1ccc2[nH]c(=O)[nH]c2c1. The number of H-pyrrole nitrogens is 2. The Morgan fingerprint density at radius 2 is 1.85 bits per heavy atom. The second kappa shape index (κ2) is 6.23. The van der Waals surface area contributed by atoms with Crippen molar-refractivity contribution < 1.29 is 9.18 Å². The molecule has 1 amide bonds. The molecule has 2 aromatic carbocycles. The van der Waals surface area contributed by atoms with Crippen LogP contribution in [0, 0.1) is 12.7 Å². The maximum Gasteiger partial charge on any atom is 0.323 e. The number of hydrogen-bond acceptors (Lipinski definition) is 4. The minimum absolute atomic E-state index is 0.286. The van der Waals surface area contributed by atoms with E-state index in [1.165, 1.54) is 23.5 Å². The van der Waals surface area contributed by atoms with Gasteiger partial charge in [-0.3, -0.25) is 4.79 Å². The fourth-order valence-electron chi connectivity index (χ4n) is 2.62. The van der Waals surface area contributed by atoms with Crippen LogP contribution in [-0.2, 0) is 0 Å². The van der Waals surface area contributed by atoms with Crippen molar-refractivity contribution in [3.8, 4) is 10.6 Å². The van der Waals surface area contributed by atoms with Crippen LogP contribution < -0.4 is 11.0 Å². The van der Waals surface area contributed by atoms with E-state index in [2.05, 4.69) is 20.3 Å². The first-order chi connectivity index (χ1) is 12.5. The number of hydrogen-bond donors (Lipinski definition) is 3. The molecule has 4 aromatic rings. The van der Waals surface area contributed by atoms with Crippen molar-refractivity contribution >= 4 is 34.0 Å². The highest BCUT2D eigenvalue weighted by molar-refractivity contribution is 7.17. The van der Waals surface area contributed by atoms with Crippen LogP contribution in [0.15, 0.2) is 47.3 Å². The van der Waals surface area contributed by atoms with E-state index < -0.39 is 0 Å². The Morgan fingerprint density at radius 3 is 2.62 bits per heavy atom. The van der Waals surface area contributed by atoms with Gasteiger partial charge in [-0.15, -0.1) is 11.3 Å². The molecule has 2 heterocycles. The molecular weight excluding hydrogens is 355 g/mol. The molecule has 0 aliphatic heterocycles. The number of rotatable bonds is 3. The third-order valence-corrected chi connectivity index (χ3v) is 5.07. The number of carbonyl (C=O) groups excluding carboxylic acids is 1. The number of halogens is 1. The van der Waals surface area contributed by atoms with Gasteiger partial charge in [-0.1, -0.05) is 0 Å². The number of aryl methyl sites for hydroxylation is 1. The minimum atomic E-state index is -0.321. The Balaban J connectivity index is 1.61. The molecule has 0 unspecified atom stereocenters. The first-order valence-electron chi connectivity index (χ1n) is 7.76. The zero-order valence-corrected chi connectivity index (χ0v) is 14.4. The predicted octanol–water partition coefficient (Wildman–Crippen LogP) is 3.68. The van der Waals surface area contributed by atoms with E-state index >= 15 is 0 Å². The number of nitrogens with one attached hydrogen (secondary N) is 3. The van der Waals surface area contributed by atoms with E-state index in [1.807, 2.05) is 0 Å². The van der Waals surface area contributed by atoms with Crippen LogP contribution in [0.3, 0.4) is 0 Å². The van der Waals surface area contributed by atoms with Crippen molar-refractivity contribution in [2.75, 3.05) is 5.32 Å². The molecule has 130 valence electrons. The number of thiazole rings is 1. The number of carbonyl (C=O) groups is 1. The molecule has 0 atom stereocenters. The molecule has 0 radical (unpaired) electrons. The Bertz CT molecular complexity index is 1170. The summed E-state index contributed by atoms with van der Waals surface area (Å²) in [5, 5.41) is 3.46. The average molecular weight is 368 g/mol. The van der Waals surface area contributed by atoms with Crippen molar-refractivity contribution in [2.45, 2.75) is 6.92 Å². The maximum absolute atomic E-state index is 13.1. The van der Waals surface area contributed by atoms with Crippen molar-refractivity contribution in [1.82, 2.24) is 15.0 Å². The molecule has 6 nitrogen and oxygen atoms in total. The van der Waals surface area contributed by atoms with E-state index in [0.29, 0.717) is 32.3 Å². The molecule has 8 heteroatoms. The second-order valence-electron chi connectivity index (χ2n) is 5.73.